The Hall–Kier alpha value is -2.04. The zero-order valence-corrected chi connectivity index (χ0v) is 12.0. The van der Waals surface area contributed by atoms with E-state index in [1.807, 2.05) is 36.1 Å². The maximum atomic E-state index is 12.2. The van der Waals surface area contributed by atoms with Crippen LogP contribution in [0.3, 0.4) is 0 Å². The van der Waals surface area contributed by atoms with Crippen molar-refractivity contribution in [2.24, 2.45) is 0 Å². The lowest BCUT2D eigenvalue weighted by Crippen LogP contribution is -2.39. The molecule has 1 fully saturated rings. The Morgan fingerprint density at radius 1 is 1.10 bits per heavy atom. The van der Waals surface area contributed by atoms with Gasteiger partial charge in [0.25, 0.3) is 0 Å². The lowest BCUT2D eigenvalue weighted by Gasteiger charge is -2.22. The fraction of sp³-hybridized carbons (Fsp3) is 0.467. The molecule has 2 rings (SSSR count). The number of nitrogens with one attached hydrogen (secondary N) is 2. The van der Waals surface area contributed by atoms with Crippen LogP contribution in [0.15, 0.2) is 24.3 Å². The summed E-state index contributed by atoms with van der Waals surface area (Å²) in [6, 6.07) is 7.12. The van der Waals surface area contributed by atoms with Crippen molar-refractivity contribution in [1.29, 1.82) is 0 Å². The minimum absolute atomic E-state index is 0.0942. The van der Waals surface area contributed by atoms with E-state index in [2.05, 4.69) is 10.6 Å². The number of hydrogen-bond donors (Lipinski definition) is 2. The number of likely N-dealkylation sites (tertiary alicyclic amines) is 1. The van der Waals surface area contributed by atoms with Gasteiger partial charge in [-0.2, -0.15) is 0 Å². The molecule has 1 atom stereocenters. The molecule has 0 spiro atoms. The molecule has 108 valence electrons. The molecule has 0 aromatic heterocycles. The van der Waals surface area contributed by atoms with Gasteiger partial charge in [0.1, 0.15) is 6.04 Å². The van der Waals surface area contributed by atoms with E-state index in [4.69, 9.17) is 0 Å². The van der Waals surface area contributed by atoms with Crippen LogP contribution in [0.5, 0.6) is 0 Å². The van der Waals surface area contributed by atoms with Crippen molar-refractivity contribution in [2.75, 3.05) is 23.7 Å². The molecule has 2 amide bonds. The van der Waals surface area contributed by atoms with E-state index in [0.29, 0.717) is 0 Å². The van der Waals surface area contributed by atoms with Crippen LogP contribution < -0.4 is 10.6 Å². The first-order chi connectivity index (χ1) is 9.56. The highest BCUT2D eigenvalue weighted by Crippen LogP contribution is 2.16. The third-order valence-electron chi connectivity index (χ3n) is 3.38. The second-order valence-corrected chi connectivity index (χ2v) is 5.16. The number of rotatable bonds is 4. The average Bonchev–Trinajstić information content (AvgIpc) is 2.93. The molecule has 0 radical (unpaired) electrons. The van der Waals surface area contributed by atoms with Gasteiger partial charge in [-0.05, 0) is 44.0 Å². The van der Waals surface area contributed by atoms with Crippen molar-refractivity contribution in [2.45, 2.75) is 32.7 Å². The van der Waals surface area contributed by atoms with E-state index in [1.165, 1.54) is 6.92 Å². The minimum Gasteiger partial charge on any atom is -0.374 e. The smallest absolute Gasteiger partial charge is 0.244 e. The van der Waals surface area contributed by atoms with E-state index in [1.54, 1.807) is 0 Å². The van der Waals surface area contributed by atoms with E-state index >= 15 is 0 Å². The van der Waals surface area contributed by atoms with Crippen molar-refractivity contribution in [3.8, 4) is 0 Å². The summed E-state index contributed by atoms with van der Waals surface area (Å²) in [5, 5.41) is 5.91. The summed E-state index contributed by atoms with van der Waals surface area (Å²) in [6.45, 7) is 5.09. The SMILES string of the molecule is CC(=O)Nc1ccc(N[C@@H](C)C(=O)N2CCCC2)cc1. The minimum atomic E-state index is -0.236. The van der Waals surface area contributed by atoms with Gasteiger partial charge in [0.05, 0.1) is 0 Å². The lowest BCUT2D eigenvalue weighted by molar-refractivity contribution is -0.130. The largest absolute Gasteiger partial charge is 0.374 e. The highest BCUT2D eigenvalue weighted by molar-refractivity contribution is 5.89. The van der Waals surface area contributed by atoms with E-state index in [9.17, 15) is 9.59 Å². The van der Waals surface area contributed by atoms with E-state index in [-0.39, 0.29) is 17.9 Å². The van der Waals surface area contributed by atoms with Crippen LogP contribution in [-0.4, -0.2) is 35.8 Å². The van der Waals surface area contributed by atoms with Gasteiger partial charge >= 0.3 is 0 Å². The van der Waals surface area contributed by atoms with Crippen molar-refractivity contribution in [3.05, 3.63) is 24.3 Å². The fourth-order valence-corrected chi connectivity index (χ4v) is 2.38. The Balaban J connectivity index is 1.91. The van der Waals surface area contributed by atoms with E-state index in [0.717, 1.165) is 37.3 Å². The van der Waals surface area contributed by atoms with Gasteiger partial charge < -0.3 is 15.5 Å². The van der Waals surface area contributed by atoms with Gasteiger partial charge in [-0.3, -0.25) is 9.59 Å². The van der Waals surface area contributed by atoms with Crippen molar-refractivity contribution >= 4 is 23.2 Å². The number of benzene rings is 1. The Kier molecular flexibility index (Phi) is 4.61. The number of amides is 2. The molecule has 0 aliphatic carbocycles. The van der Waals surface area contributed by atoms with Crippen molar-refractivity contribution in [1.82, 2.24) is 4.90 Å². The summed E-state index contributed by atoms with van der Waals surface area (Å²) in [5.74, 6) is 0.0525. The maximum Gasteiger partial charge on any atom is 0.244 e. The standard InChI is InChI=1S/C15H21N3O2/c1-11(15(20)18-9-3-4-10-18)16-13-5-7-14(8-6-13)17-12(2)19/h5-8,11,16H,3-4,9-10H2,1-2H3,(H,17,19)/t11-/m0/s1. The first kappa shape index (κ1) is 14.4. The number of nitrogens with zero attached hydrogens (tertiary/aromatic N) is 1. The van der Waals surface area contributed by atoms with Crippen molar-refractivity contribution in [3.63, 3.8) is 0 Å². The predicted octanol–water partition coefficient (Wildman–Crippen LogP) is 2.07. The molecule has 1 saturated heterocycles. The van der Waals surface area contributed by atoms with Crippen LogP contribution in [-0.2, 0) is 9.59 Å². The number of anilines is 2. The Labute approximate surface area is 119 Å². The van der Waals surface area contributed by atoms with Gasteiger partial charge in [0.2, 0.25) is 11.8 Å². The second kappa shape index (κ2) is 6.41. The number of carbonyl (C=O) groups is 2. The molecule has 0 unspecified atom stereocenters. The van der Waals surface area contributed by atoms with Gasteiger partial charge in [0.15, 0.2) is 0 Å². The lowest BCUT2D eigenvalue weighted by atomic mass is 10.2. The van der Waals surface area contributed by atoms with Gasteiger partial charge in [-0.1, -0.05) is 0 Å². The fourth-order valence-electron chi connectivity index (χ4n) is 2.38. The summed E-state index contributed by atoms with van der Waals surface area (Å²) >= 11 is 0. The molecule has 1 aromatic rings. The van der Waals surface area contributed by atoms with Crippen LogP contribution in [0.4, 0.5) is 11.4 Å². The summed E-state index contributed by atoms with van der Waals surface area (Å²) < 4.78 is 0. The monoisotopic (exact) mass is 275 g/mol. The predicted molar refractivity (Wildman–Crippen MR) is 79.6 cm³/mol. The molecule has 0 saturated carbocycles. The molecular weight excluding hydrogens is 254 g/mol. The van der Waals surface area contributed by atoms with Crippen LogP contribution >= 0.6 is 0 Å². The van der Waals surface area contributed by atoms with Crippen LogP contribution in [0.1, 0.15) is 26.7 Å². The Morgan fingerprint density at radius 2 is 1.65 bits per heavy atom. The molecule has 1 heterocycles. The zero-order valence-electron chi connectivity index (χ0n) is 12.0. The molecule has 1 aliphatic rings. The molecule has 2 N–H and O–H groups in total. The average molecular weight is 275 g/mol. The molecule has 1 aromatic carbocycles. The van der Waals surface area contributed by atoms with Gasteiger partial charge in [-0.25, -0.2) is 0 Å². The third kappa shape index (κ3) is 3.73. The highest BCUT2D eigenvalue weighted by atomic mass is 16.2. The maximum absolute atomic E-state index is 12.2. The molecule has 5 heteroatoms. The summed E-state index contributed by atoms with van der Waals surface area (Å²) in [6.07, 6.45) is 2.20. The molecular formula is C15H21N3O2. The summed E-state index contributed by atoms with van der Waals surface area (Å²) in [7, 11) is 0. The van der Waals surface area contributed by atoms with E-state index < -0.39 is 0 Å². The van der Waals surface area contributed by atoms with Gasteiger partial charge in [0, 0.05) is 31.4 Å². The summed E-state index contributed by atoms with van der Waals surface area (Å²) in [5.41, 5.74) is 1.63. The Morgan fingerprint density at radius 3 is 2.20 bits per heavy atom. The van der Waals surface area contributed by atoms with Crippen LogP contribution in [0.2, 0.25) is 0 Å². The van der Waals surface area contributed by atoms with Crippen molar-refractivity contribution < 1.29 is 9.59 Å². The molecule has 0 bridgehead atoms. The molecule has 5 nitrogen and oxygen atoms in total. The number of hydrogen-bond acceptors (Lipinski definition) is 3. The number of carbonyl (C=O) groups excluding carboxylic acids is 2. The first-order valence-electron chi connectivity index (χ1n) is 6.99. The normalized spacial score (nSPS) is 15.8. The topological polar surface area (TPSA) is 61.4 Å². The van der Waals surface area contributed by atoms with Gasteiger partial charge in [-0.15, -0.1) is 0 Å². The highest BCUT2D eigenvalue weighted by Gasteiger charge is 2.22. The first-order valence-corrected chi connectivity index (χ1v) is 6.99. The summed E-state index contributed by atoms with van der Waals surface area (Å²) in [4.78, 5) is 25.0. The third-order valence-corrected chi connectivity index (χ3v) is 3.38. The van der Waals surface area contributed by atoms with Crippen LogP contribution in [0, 0.1) is 0 Å². The quantitative estimate of drug-likeness (QED) is 0.884. The zero-order chi connectivity index (χ0) is 14.5. The van der Waals surface area contributed by atoms with Crippen LogP contribution in [0.25, 0.3) is 0 Å². The Bertz CT molecular complexity index is 478. The second-order valence-electron chi connectivity index (χ2n) is 5.16. The molecule has 1 aliphatic heterocycles. The molecule has 20 heavy (non-hydrogen) atoms.